The van der Waals surface area contributed by atoms with Crippen molar-refractivity contribution in [2.75, 3.05) is 18.0 Å². The molecule has 1 aromatic heterocycles. The first-order valence-corrected chi connectivity index (χ1v) is 5.44. The Kier molecular flexibility index (Phi) is 3.07. The van der Waals surface area contributed by atoms with Crippen molar-refractivity contribution in [1.82, 2.24) is 9.97 Å². The van der Waals surface area contributed by atoms with Gasteiger partial charge >= 0.3 is 0 Å². The number of rotatable bonds is 1. The predicted octanol–water partition coefficient (Wildman–Crippen LogP) is 1.34. The summed E-state index contributed by atoms with van der Waals surface area (Å²) >= 11 is 5.96. The zero-order valence-corrected chi connectivity index (χ0v) is 9.35. The van der Waals surface area contributed by atoms with Gasteiger partial charge in [-0.2, -0.15) is 0 Å². The van der Waals surface area contributed by atoms with Crippen LogP contribution in [0.1, 0.15) is 13.3 Å². The first-order valence-electron chi connectivity index (χ1n) is 5.06. The summed E-state index contributed by atoms with van der Waals surface area (Å²) in [5, 5.41) is 10.1. The van der Waals surface area contributed by atoms with Gasteiger partial charge in [0.1, 0.15) is 0 Å². The van der Waals surface area contributed by atoms with Crippen LogP contribution in [-0.4, -0.2) is 34.3 Å². The molecule has 0 aromatic carbocycles. The Balaban J connectivity index is 2.20. The third-order valence-electron chi connectivity index (χ3n) is 2.57. The Morgan fingerprint density at radius 1 is 1.40 bits per heavy atom. The van der Waals surface area contributed by atoms with Crippen LogP contribution < -0.4 is 4.90 Å². The molecule has 0 bridgehead atoms. The van der Waals surface area contributed by atoms with Gasteiger partial charge in [-0.25, -0.2) is 9.97 Å². The Bertz CT molecular complexity index is 337. The average molecular weight is 228 g/mol. The molecule has 1 aromatic rings. The molecule has 2 rings (SSSR count). The molecule has 0 spiro atoms. The van der Waals surface area contributed by atoms with Crippen molar-refractivity contribution in [2.45, 2.75) is 19.4 Å². The number of hydrogen-bond donors (Lipinski definition) is 1. The highest BCUT2D eigenvalue weighted by Crippen LogP contribution is 2.25. The highest BCUT2D eigenvalue weighted by Gasteiger charge is 2.25. The van der Waals surface area contributed by atoms with E-state index in [2.05, 4.69) is 16.9 Å². The highest BCUT2D eigenvalue weighted by molar-refractivity contribution is 6.31. The van der Waals surface area contributed by atoms with Gasteiger partial charge in [-0.15, -0.1) is 0 Å². The van der Waals surface area contributed by atoms with Gasteiger partial charge in [0.05, 0.1) is 6.10 Å². The second kappa shape index (κ2) is 4.33. The maximum absolute atomic E-state index is 9.67. The minimum atomic E-state index is -0.299. The molecule has 1 aliphatic rings. The summed E-state index contributed by atoms with van der Waals surface area (Å²) in [4.78, 5) is 10.2. The molecule has 2 heterocycles. The number of β-amino-alcohol motifs (C(OH)–C–C–N with tert-alkyl or cyclic N) is 1. The molecule has 4 nitrogen and oxygen atoms in total. The average Bonchev–Trinajstić information content (AvgIpc) is 2.16. The highest BCUT2D eigenvalue weighted by atomic mass is 35.5. The van der Waals surface area contributed by atoms with Crippen molar-refractivity contribution in [1.29, 1.82) is 0 Å². The molecule has 0 aliphatic carbocycles. The van der Waals surface area contributed by atoms with Crippen LogP contribution in [0.15, 0.2) is 12.4 Å². The van der Waals surface area contributed by atoms with Crippen molar-refractivity contribution < 1.29 is 5.11 Å². The van der Waals surface area contributed by atoms with Crippen LogP contribution in [0.3, 0.4) is 0 Å². The van der Waals surface area contributed by atoms with E-state index in [9.17, 15) is 5.11 Å². The summed E-state index contributed by atoms with van der Waals surface area (Å²) in [6.07, 6.45) is 3.73. The molecule has 1 aliphatic heterocycles. The van der Waals surface area contributed by atoms with E-state index in [4.69, 9.17) is 11.6 Å². The summed E-state index contributed by atoms with van der Waals surface area (Å²) in [6.45, 7) is 3.57. The van der Waals surface area contributed by atoms with E-state index in [0.29, 0.717) is 23.4 Å². The number of nitrogens with zero attached hydrogens (tertiary/aromatic N) is 3. The fourth-order valence-electron chi connectivity index (χ4n) is 2.02. The van der Waals surface area contributed by atoms with Crippen LogP contribution in [0.25, 0.3) is 0 Å². The van der Waals surface area contributed by atoms with Crippen LogP contribution in [0.2, 0.25) is 5.15 Å². The molecule has 0 radical (unpaired) electrons. The van der Waals surface area contributed by atoms with Crippen molar-refractivity contribution in [2.24, 2.45) is 5.92 Å². The Hall–Kier alpha value is -0.870. The van der Waals surface area contributed by atoms with E-state index in [1.54, 1.807) is 12.4 Å². The maximum atomic E-state index is 9.67. The lowest BCUT2D eigenvalue weighted by Gasteiger charge is -2.34. The maximum Gasteiger partial charge on any atom is 0.171 e. The van der Waals surface area contributed by atoms with Gasteiger partial charge in [0.25, 0.3) is 0 Å². The number of aliphatic hydroxyl groups excluding tert-OH is 1. The Morgan fingerprint density at radius 3 is 2.80 bits per heavy atom. The summed E-state index contributed by atoms with van der Waals surface area (Å²) in [5.74, 6) is 1.12. The molecule has 82 valence electrons. The number of piperidine rings is 1. The lowest BCUT2D eigenvalue weighted by Crippen LogP contribution is -2.42. The van der Waals surface area contributed by atoms with E-state index in [1.165, 1.54) is 0 Å². The Morgan fingerprint density at radius 2 is 2.13 bits per heavy atom. The lowest BCUT2D eigenvalue weighted by atomic mass is 9.98. The van der Waals surface area contributed by atoms with Gasteiger partial charge in [-0.1, -0.05) is 18.5 Å². The van der Waals surface area contributed by atoms with Crippen LogP contribution in [-0.2, 0) is 0 Å². The molecule has 2 atom stereocenters. The molecule has 0 saturated carbocycles. The topological polar surface area (TPSA) is 49.2 Å². The van der Waals surface area contributed by atoms with E-state index in [0.717, 1.165) is 13.0 Å². The number of halogens is 1. The predicted molar refractivity (Wildman–Crippen MR) is 59.0 cm³/mol. The molecule has 1 saturated heterocycles. The molecule has 15 heavy (non-hydrogen) atoms. The van der Waals surface area contributed by atoms with Crippen molar-refractivity contribution in [3.8, 4) is 0 Å². The van der Waals surface area contributed by atoms with Gasteiger partial charge in [0, 0.05) is 25.5 Å². The zero-order valence-electron chi connectivity index (χ0n) is 8.60. The van der Waals surface area contributed by atoms with Gasteiger partial charge < -0.3 is 10.0 Å². The van der Waals surface area contributed by atoms with Crippen molar-refractivity contribution in [3.05, 3.63) is 17.5 Å². The summed E-state index contributed by atoms with van der Waals surface area (Å²) in [7, 11) is 0. The molecule has 1 fully saturated rings. The van der Waals surface area contributed by atoms with Gasteiger partial charge in [-0.05, 0) is 12.3 Å². The minimum absolute atomic E-state index is 0.299. The molecule has 0 amide bonds. The number of aliphatic hydroxyl groups is 1. The minimum Gasteiger partial charge on any atom is -0.391 e. The third kappa shape index (κ3) is 2.38. The van der Waals surface area contributed by atoms with Gasteiger partial charge in [0.2, 0.25) is 0 Å². The fourth-order valence-corrected chi connectivity index (χ4v) is 2.24. The third-order valence-corrected chi connectivity index (χ3v) is 2.84. The molecule has 1 N–H and O–H groups in total. The number of anilines is 1. The Labute approximate surface area is 93.9 Å². The standard InChI is InChI=1S/C10H14ClN3O/c1-7-4-8(15)6-14(5-7)10-9(11)12-2-3-13-10/h2-3,7-8,15H,4-6H2,1H3. The van der Waals surface area contributed by atoms with Crippen LogP contribution >= 0.6 is 11.6 Å². The zero-order chi connectivity index (χ0) is 10.8. The molecular formula is C10H14ClN3O. The lowest BCUT2D eigenvalue weighted by molar-refractivity contribution is 0.132. The van der Waals surface area contributed by atoms with Crippen molar-refractivity contribution >= 4 is 17.4 Å². The SMILES string of the molecule is CC1CC(O)CN(c2nccnc2Cl)C1. The van der Waals surface area contributed by atoms with Crippen LogP contribution in [0.4, 0.5) is 5.82 Å². The monoisotopic (exact) mass is 227 g/mol. The van der Waals surface area contributed by atoms with Gasteiger partial charge in [0.15, 0.2) is 11.0 Å². The van der Waals surface area contributed by atoms with Crippen LogP contribution in [0, 0.1) is 5.92 Å². The molecule has 2 unspecified atom stereocenters. The van der Waals surface area contributed by atoms with Crippen LogP contribution in [0.5, 0.6) is 0 Å². The van der Waals surface area contributed by atoms with E-state index >= 15 is 0 Å². The van der Waals surface area contributed by atoms with Gasteiger partial charge in [-0.3, -0.25) is 0 Å². The first kappa shape index (κ1) is 10.6. The van der Waals surface area contributed by atoms with E-state index in [-0.39, 0.29) is 6.10 Å². The number of aromatic nitrogens is 2. The smallest absolute Gasteiger partial charge is 0.171 e. The summed E-state index contributed by atoms with van der Waals surface area (Å²) < 4.78 is 0. The van der Waals surface area contributed by atoms with E-state index in [1.807, 2.05) is 4.90 Å². The second-order valence-corrected chi connectivity index (χ2v) is 4.43. The number of hydrogen-bond acceptors (Lipinski definition) is 4. The molecule has 5 heteroatoms. The quantitative estimate of drug-likeness (QED) is 0.787. The largest absolute Gasteiger partial charge is 0.391 e. The first-order chi connectivity index (χ1) is 7.16. The fraction of sp³-hybridized carbons (Fsp3) is 0.600. The van der Waals surface area contributed by atoms with Crippen molar-refractivity contribution in [3.63, 3.8) is 0 Å². The van der Waals surface area contributed by atoms with E-state index < -0.39 is 0 Å². The normalized spacial score (nSPS) is 26.7. The summed E-state index contributed by atoms with van der Waals surface area (Å²) in [6, 6.07) is 0. The summed E-state index contributed by atoms with van der Waals surface area (Å²) in [5.41, 5.74) is 0. The molecular weight excluding hydrogens is 214 g/mol. The second-order valence-electron chi connectivity index (χ2n) is 4.07.